The van der Waals surface area contributed by atoms with Crippen molar-refractivity contribution in [3.8, 4) is 0 Å². The van der Waals surface area contributed by atoms with Crippen LogP contribution in [-0.4, -0.2) is 24.0 Å². The highest BCUT2D eigenvalue weighted by Gasteiger charge is 2.46. The molecule has 1 unspecified atom stereocenters. The van der Waals surface area contributed by atoms with Gasteiger partial charge in [0.25, 0.3) is 0 Å². The number of rotatable bonds is 0. The van der Waals surface area contributed by atoms with Crippen molar-refractivity contribution < 1.29 is 9.59 Å². The van der Waals surface area contributed by atoms with Gasteiger partial charge in [0.2, 0.25) is 0 Å². The van der Waals surface area contributed by atoms with E-state index in [-0.39, 0.29) is 11.6 Å². The number of Topliss-reactive ketones (excluding diaryl/α,β-unsaturated/α-hetero) is 2. The molecule has 0 aromatic rings. The van der Waals surface area contributed by atoms with Gasteiger partial charge in [-0.3, -0.25) is 19.6 Å². The van der Waals surface area contributed by atoms with Crippen LogP contribution < -0.4 is 0 Å². The Balaban J connectivity index is 2.21. The molecule has 0 aromatic carbocycles. The van der Waals surface area contributed by atoms with Crippen LogP contribution in [0.4, 0.5) is 0 Å². The van der Waals surface area contributed by atoms with Gasteiger partial charge in [0, 0.05) is 43.5 Å². The van der Waals surface area contributed by atoms with Crippen LogP contribution in [0.15, 0.2) is 33.5 Å². The molecule has 3 rings (SSSR count). The third-order valence-corrected chi connectivity index (χ3v) is 3.24. The van der Waals surface area contributed by atoms with Gasteiger partial charge in [-0.15, -0.1) is 0 Å². The smallest absolute Gasteiger partial charge is 0.167 e. The Morgan fingerprint density at radius 2 is 2.12 bits per heavy atom. The Labute approximate surface area is 92.5 Å². The van der Waals surface area contributed by atoms with Crippen LogP contribution in [0.3, 0.4) is 0 Å². The topological polar surface area (TPSA) is 58.9 Å². The van der Waals surface area contributed by atoms with Crippen molar-refractivity contribution in [1.29, 1.82) is 0 Å². The highest BCUT2D eigenvalue weighted by atomic mass is 16.1. The molecular weight excluding hydrogens is 204 g/mol. The number of carbonyl (C=O) groups is 2. The number of hydrogen-bond donors (Lipinski definition) is 0. The van der Waals surface area contributed by atoms with E-state index in [9.17, 15) is 9.59 Å². The fraction of sp³-hybridized carbons (Fsp3) is 0.333. The van der Waals surface area contributed by atoms with Gasteiger partial charge < -0.3 is 0 Å². The molecule has 0 saturated heterocycles. The van der Waals surface area contributed by atoms with Crippen LogP contribution in [0.25, 0.3) is 0 Å². The second kappa shape index (κ2) is 3.07. The predicted molar refractivity (Wildman–Crippen MR) is 59.4 cm³/mol. The maximum atomic E-state index is 11.9. The van der Waals surface area contributed by atoms with Crippen LogP contribution in [0, 0.1) is 5.41 Å². The molecule has 0 N–H and O–H groups in total. The van der Waals surface area contributed by atoms with Gasteiger partial charge in [-0.25, -0.2) is 0 Å². The monoisotopic (exact) mass is 214 g/mol. The molecule has 0 fully saturated rings. The minimum Gasteiger partial charge on any atom is -0.299 e. The summed E-state index contributed by atoms with van der Waals surface area (Å²) < 4.78 is 0. The van der Waals surface area contributed by atoms with Crippen molar-refractivity contribution in [3.05, 3.63) is 23.5 Å². The lowest BCUT2D eigenvalue weighted by Gasteiger charge is -2.30. The van der Waals surface area contributed by atoms with E-state index in [1.54, 1.807) is 18.6 Å². The molecule has 80 valence electrons. The maximum Gasteiger partial charge on any atom is 0.167 e. The molecule has 1 atom stereocenters. The second-order valence-electron chi connectivity index (χ2n) is 4.24. The number of aliphatic imine (C=N–C) groups is 2. The first-order chi connectivity index (χ1) is 7.72. The average molecular weight is 214 g/mol. The molecule has 2 aliphatic heterocycles. The number of nitrogens with zero attached hydrogens (tertiary/aromatic N) is 2. The maximum absolute atomic E-state index is 11.9. The summed E-state index contributed by atoms with van der Waals surface area (Å²) in [7, 11) is 0. The lowest BCUT2D eigenvalue weighted by atomic mass is 9.71. The number of allylic oxidation sites excluding steroid dienone is 2. The summed E-state index contributed by atoms with van der Waals surface area (Å²) >= 11 is 0. The van der Waals surface area contributed by atoms with E-state index in [1.165, 1.54) is 0 Å². The van der Waals surface area contributed by atoms with Gasteiger partial charge in [-0.2, -0.15) is 0 Å². The Hall–Kier alpha value is -1.84. The second-order valence-corrected chi connectivity index (χ2v) is 4.24. The first-order valence-electron chi connectivity index (χ1n) is 5.25. The van der Waals surface area contributed by atoms with Gasteiger partial charge in [-0.1, -0.05) is 6.08 Å². The molecule has 4 nitrogen and oxygen atoms in total. The molecule has 0 bridgehead atoms. The van der Waals surface area contributed by atoms with Crippen molar-refractivity contribution in [3.63, 3.8) is 0 Å². The van der Waals surface area contributed by atoms with E-state index in [0.717, 1.165) is 5.70 Å². The molecule has 4 heteroatoms. The molecule has 0 amide bonds. The summed E-state index contributed by atoms with van der Waals surface area (Å²) in [5.41, 5.74) is 0.758. The minimum atomic E-state index is -0.653. The van der Waals surface area contributed by atoms with Crippen molar-refractivity contribution in [1.82, 2.24) is 0 Å². The Bertz CT molecular complexity index is 511. The van der Waals surface area contributed by atoms with Gasteiger partial charge in [-0.05, 0) is 0 Å². The van der Waals surface area contributed by atoms with Gasteiger partial charge in [0.05, 0.1) is 11.1 Å². The quantitative estimate of drug-likeness (QED) is 0.609. The van der Waals surface area contributed by atoms with E-state index < -0.39 is 5.41 Å². The van der Waals surface area contributed by atoms with Crippen molar-refractivity contribution in [2.24, 2.45) is 15.4 Å². The highest BCUT2D eigenvalue weighted by molar-refractivity contribution is 6.12. The highest BCUT2D eigenvalue weighted by Crippen LogP contribution is 2.45. The first kappa shape index (κ1) is 9.39. The number of carbonyl (C=O) groups excluding carboxylic acids is 2. The molecule has 0 aromatic heterocycles. The van der Waals surface area contributed by atoms with E-state index in [1.807, 2.05) is 6.08 Å². The lowest BCUT2D eigenvalue weighted by molar-refractivity contribution is -0.119. The van der Waals surface area contributed by atoms with Crippen LogP contribution in [0.1, 0.15) is 19.3 Å². The Morgan fingerprint density at radius 3 is 3.00 bits per heavy atom. The lowest BCUT2D eigenvalue weighted by Crippen LogP contribution is -2.33. The van der Waals surface area contributed by atoms with E-state index in [2.05, 4.69) is 9.98 Å². The molecular formula is C12H10N2O2. The largest absolute Gasteiger partial charge is 0.299 e. The summed E-state index contributed by atoms with van der Waals surface area (Å²) in [5.74, 6) is 0.146. The van der Waals surface area contributed by atoms with Crippen molar-refractivity contribution in [2.75, 3.05) is 0 Å². The van der Waals surface area contributed by atoms with Crippen molar-refractivity contribution >= 4 is 24.0 Å². The molecule has 3 aliphatic rings. The molecule has 2 heterocycles. The minimum absolute atomic E-state index is 0.0133. The summed E-state index contributed by atoms with van der Waals surface area (Å²) in [6, 6.07) is 0. The third-order valence-electron chi connectivity index (χ3n) is 3.24. The van der Waals surface area contributed by atoms with E-state index in [4.69, 9.17) is 0 Å². The molecule has 0 saturated carbocycles. The normalized spacial score (nSPS) is 31.8. The van der Waals surface area contributed by atoms with Crippen LogP contribution >= 0.6 is 0 Å². The zero-order chi connectivity index (χ0) is 11.2. The Kier molecular flexibility index (Phi) is 1.80. The first-order valence-corrected chi connectivity index (χ1v) is 5.25. The molecule has 0 radical (unpaired) electrons. The number of hydrogen-bond acceptors (Lipinski definition) is 4. The van der Waals surface area contributed by atoms with Crippen LogP contribution in [0.2, 0.25) is 0 Å². The van der Waals surface area contributed by atoms with Gasteiger partial charge in [0.15, 0.2) is 5.78 Å². The van der Waals surface area contributed by atoms with E-state index >= 15 is 0 Å². The Morgan fingerprint density at radius 1 is 1.25 bits per heavy atom. The zero-order valence-corrected chi connectivity index (χ0v) is 8.64. The molecule has 1 aliphatic carbocycles. The fourth-order valence-corrected chi connectivity index (χ4v) is 2.46. The van der Waals surface area contributed by atoms with Gasteiger partial charge >= 0.3 is 0 Å². The number of ketones is 2. The van der Waals surface area contributed by atoms with Gasteiger partial charge in [0.1, 0.15) is 5.78 Å². The summed E-state index contributed by atoms with van der Waals surface area (Å²) in [6.07, 6.45) is 7.71. The zero-order valence-electron chi connectivity index (χ0n) is 8.64. The van der Waals surface area contributed by atoms with Crippen molar-refractivity contribution in [2.45, 2.75) is 19.3 Å². The standard InChI is InChI=1S/C12H10N2O2/c15-8-1-2-11-12(5-8)7-13-6-9(12)10(16)3-4-14-11/h2,4,6-7H,1,3,5H2. The fourth-order valence-electron chi connectivity index (χ4n) is 2.46. The average Bonchev–Trinajstić information content (AvgIpc) is 2.60. The molecule has 16 heavy (non-hydrogen) atoms. The molecule has 1 spiro atoms. The predicted octanol–water partition coefficient (Wildman–Crippen LogP) is 1.23. The summed E-state index contributed by atoms with van der Waals surface area (Å²) in [5, 5.41) is 0. The van der Waals surface area contributed by atoms with Crippen LogP contribution in [0.5, 0.6) is 0 Å². The van der Waals surface area contributed by atoms with Crippen LogP contribution in [-0.2, 0) is 9.59 Å². The summed E-state index contributed by atoms with van der Waals surface area (Å²) in [4.78, 5) is 31.8. The summed E-state index contributed by atoms with van der Waals surface area (Å²) in [6.45, 7) is 0. The third kappa shape index (κ3) is 1.10. The SMILES string of the molecule is O=C1CC=C2N=CCC(=O)C3=CN=CC23C1. The van der Waals surface area contributed by atoms with E-state index in [0.29, 0.717) is 24.8 Å².